The zero-order chi connectivity index (χ0) is 23.5. The van der Waals surface area contributed by atoms with Gasteiger partial charge in [-0.25, -0.2) is 9.67 Å². The third-order valence-corrected chi connectivity index (χ3v) is 5.70. The Morgan fingerprint density at radius 2 is 1.91 bits per heavy atom. The summed E-state index contributed by atoms with van der Waals surface area (Å²) in [6.45, 7) is 3.03. The van der Waals surface area contributed by atoms with Gasteiger partial charge < -0.3 is 9.64 Å². The lowest BCUT2D eigenvalue weighted by molar-refractivity contribution is 0.0749. The minimum atomic E-state index is -0.143. The number of amides is 1. The van der Waals surface area contributed by atoms with Gasteiger partial charge in [0.05, 0.1) is 30.7 Å². The summed E-state index contributed by atoms with van der Waals surface area (Å²) < 4.78 is 9.04. The molecule has 0 bridgehead atoms. The number of imidazole rings is 1. The Hall–Kier alpha value is -4.46. The highest BCUT2D eigenvalue weighted by molar-refractivity contribution is 5.99. The fraction of sp³-hybridized carbons (Fsp3) is 0.154. The summed E-state index contributed by atoms with van der Waals surface area (Å²) in [6.07, 6.45) is 6.88. The monoisotopic (exact) mass is 452 g/mol. The molecule has 3 aromatic heterocycles. The first-order valence-corrected chi connectivity index (χ1v) is 11.0. The van der Waals surface area contributed by atoms with Gasteiger partial charge in [0.25, 0.3) is 5.91 Å². The summed E-state index contributed by atoms with van der Waals surface area (Å²) in [4.78, 5) is 24.4. The molecule has 2 aromatic carbocycles. The Morgan fingerprint density at radius 1 is 1.06 bits per heavy atom. The standard InChI is InChI=1S/C26H24N6O2/c1-3-30(18-19-8-5-4-6-9-19)26(33)24-23-17-27-14-15-31(23)25(29-24)22-12-13-28-32(22)20-10-7-11-21(16-20)34-2/h4-17H,3,18H2,1-2H3. The number of ether oxygens (including phenoxy) is 1. The first-order chi connectivity index (χ1) is 16.7. The Morgan fingerprint density at radius 3 is 2.71 bits per heavy atom. The van der Waals surface area contributed by atoms with Crippen molar-refractivity contribution in [3.05, 3.63) is 96.7 Å². The smallest absolute Gasteiger partial charge is 0.275 e. The van der Waals surface area contributed by atoms with E-state index >= 15 is 0 Å². The van der Waals surface area contributed by atoms with Crippen LogP contribution in [-0.2, 0) is 6.54 Å². The van der Waals surface area contributed by atoms with Crippen molar-refractivity contribution in [1.82, 2.24) is 29.0 Å². The molecule has 0 fully saturated rings. The molecule has 1 amide bonds. The summed E-state index contributed by atoms with van der Waals surface area (Å²) >= 11 is 0. The number of benzene rings is 2. The third kappa shape index (κ3) is 3.90. The Balaban J connectivity index is 1.58. The van der Waals surface area contributed by atoms with Crippen LogP contribution < -0.4 is 4.74 Å². The molecule has 0 spiro atoms. The minimum Gasteiger partial charge on any atom is -0.497 e. The number of carbonyl (C=O) groups is 1. The fourth-order valence-electron chi connectivity index (χ4n) is 3.98. The summed E-state index contributed by atoms with van der Waals surface area (Å²) in [6, 6.07) is 19.5. The van der Waals surface area contributed by atoms with E-state index in [0.717, 1.165) is 22.7 Å². The maximum absolute atomic E-state index is 13.6. The van der Waals surface area contributed by atoms with Crippen LogP contribution in [0.1, 0.15) is 23.0 Å². The van der Waals surface area contributed by atoms with Gasteiger partial charge in [-0.05, 0) is 30.7 Å². The van der Waals surface area contributed by atoms with Crippen molar-refractivity contribution in [3.8, 4) is 23.0 Å². The second-order valence-electron chi connectivity index (χ2n) is 7.75. The number of fused-ring (bicyclic) bond motifs is 1. The molecule has 0 radical (unpaired) electrons. The maximum atomic E-state index is 13.6. The molecule has 0 saturated carbocycles. The predicted molar refractivity (Wildman–Crippen MR) is 129 cm³/mol. The van der Waals surface area contributed by atoms with Crippen LogP contribution >= 0.6 is 0 Å². The largest absolute Gasteiger partial charge is 0.497 e. The average molecular weight is 453 g/mol. The topological polar surface area (TPSA) is 77.5 Å². The molecular weight excluding hydrogens is 428 g/mol. The molecule has 0 saturated heterocycles. The molecule has 0 aliphatic rings. The molecule has 0 aliphatic carbocycles. The van der Waals surface area contributed by atoms with E-state index in [1.54, 1.807) is 35.3 Å². The van der Waals surface area contributed by atoms with Gasteiger partial charge in [0.15, 0.2) is 11.5 Å². The number of carbonyl (C=O) groups excluding carboxylic acids is 1. The van der Waals surface area contributed by atoms with Crippen molar-refractivity contribution in [3.63, 3.8) is 0 Å². The normalized spacial score (nSPS) is 11.0. The van der Waals surface area contributed by atoms with Crippen LogP contribution in [0.2, 0.25) is 0 Å². The van der Waals surface area contributed by atoms with Crippen LogP contribution in [0.5, 0.6) is 5.75 Å². The molecule has 5 rings (SSSR count). The first kappa shape index (κ1) is 21.4. The fourth-order valence-corrected chi connectivity index (χ4v) is 3.98. The molecule has 3 heterocycles. The van der Waals surface area contributed by atoms with Crippen molar-refractivity contribution in [2.75, 3.05) is 13.7 Å². The number of hydrogen-bond acceptors (Lipinski definition) is 5. The highest BCUT2D eigenvalue weighted by atomic mass is 16.5. The number of methoxy groups -OCH3 is 1. The van der Waals surface area contributed by atoms with Gasteiger partial charge in [0.2, 0.25) is 0 Å². The minimum absolute atomic E-state index is 0.143. The number of rotatable bonds is 7. The predicted octanol–water partition coefficient (Wildman–Crippen LogP) is 4.25. The zero-order valence-corrected chi connectivity index (χ0v) is 19.0. The molecular formula is C26H24N6O2. The average Bonchev–Trinajstić information content (AvgIpc) is 3.52. The second kappa shape index (κ2) is 9.19. The zero-order valence-electron chi connectivity index (χ0n) is 19.0. The highest BCUT2D eigenvalue weighted by Gasteiger charge is 2.24. The molecule has 0 unspecified atom stereocenters. The van der Waals surface area contributed by atoms with E-state index in [4.69, 9.17) is 9.72 Å². The van der Waals surface area contributed by atoms with Crippen LogP contribution in [-0.4, -0.2) is 48.6 Å². The maximum Gasteiger partial charge on any atom is 0.275 e. The van der Waals surface area contributed by atoms with Crippen LogP contribution in [0.15, 0.2) is 85.5 Å². The SMILES string of the molecule is CCN(Cc1ccccc1)C(=O)c1nc(-c2ccnn2-c2cccc(OC)c2)n2ccncc12. The Kier molecular flexibility index (Phi) is 5.78. The molecule has 34 heavy (non-hydrogen) atoms. The van der Waals surface area contributed by atoms with E-state index < -0.39 is 0 Å². The van der Waals surface area contributed by atoms with Crippen molar-refractivity contribution >= 4 is 11.4 Å². The van der Waals surface area contributed by atoms with Gasteiger partial charge >= 0.3 is 0 Å². The lowest BCUT2D eigenvalue weighted by Crippen LogP contribution is -2.30. The lowest BCUT2D eigenvalue weighted by atomic mass is 10.2. The quantitative estimate of drug-likeness (QED) is 0.369. The molecule has 170 valence electrons. The molecule has 5 aromatic rings. The van der Waals surface area contributed by atoms with Crippen molar-refractivity contribution in [2.45, 2.75) is 13.5 Å². The molecule has 8 nitrogen and oxygen atoms in total. The van der Waals surface area contributed by atoms with E-state index in [2.05, 4.69) is 10.1 Å². The molecule has 8 heteroatoms. The molecule has 0 aliphatic heterocycles. The van der Waals surface area contributed by atoms with Crippen LogP contribution in [0.4, 0.5) is 0 Å². The van der Waals surface area contributed by atoms with Crippen LogP contribution in [0.3, 0.4) is 0 Å². The van der Waals surface area contributed by atoms with Gasteiger partial charge in [-0.2, -0.15) is 5.10 Å². The van der Waals surface area contributed by atoms with Gasteiger partial charge in [-0.15, -0.1) is 0 Å². The number of hydrogen-bond donors (Lipinski definition) is 0. The number of nitrogens with zero attached hydrogens (tertiary/aromatic N) is 6. The van der Waals surface area contributed by atoms with Crippen molar-refractivity contribution in [1.29, 1.82) is 0 Å². The van der Waals surface area contributed by atoms with E-state index in [1.165, 1.54) is 0 Å². The van der Waals surface area contributed by atoms with Gasteiger partial charge in [0.1, 0.15) is 11.4 Å². The molecule has 0 N–H and O–H groups in total. The summed E-state index contributed by atoms with van der Waals surface area (Å²) in [5.74, 6) is 1.19. The van der Waals surface area contributed by atoms with E-state index in [1.807, 2.05) is 78.2 Å². The van der Waals surface area contributed by atoms with E-state index in [0.29, 0.717) is 30.1 Å². The number of aromatic nitrogens is 5. The summed E-state index contributed by atoms with van der Waals surface area (Å²) in [5, 5.41) is 4.50. The summed E-state index contributed by atoms with van der Waals surface area (Å²) in [5.41, 5.74) is 3.65. The highest BCUT2D eigenvalue weighted by Crippen LogP contribution is 2.27. The van der Waals surface area contributed by atoms with Gasteiger partial charge in [-0.3, -0.25) is 14.2 Å². The van der Waals surface area contributed by atoms with Crippen molar-refractivity contribution < 1.29 is 9.53 Å². The van der Waals surface area contributed by atoms with E-state index in [9.17, 15) is 4.79 Å². The Labute approximate surface area is 197 Å². The Bertz CT molecular complexity index is 1440. The van der Waals surface area contributed by atoms with Crippen molar-refractivity contribution in [2.24, 2.45) is 0 Å². The van der Waals surface area contributed by atoms with Crippen LogP contribution in [0.25, 0.3) is 22.7 Å². The molecule has 0 atom stereocenters. The van der Waals surface area contributed by atoms with E-state index in [-0.39, 0.29) is 5.91 Å². The van der Waals surface area contributed by atoms with Crippen LogP contribution in [0, 0.1) is 0 Å². The third-order valence-electron chi connectivity index (χ3n) is 5.70. The lowest BCUT2D eigenvalue weighted by Gasteiger charge is -2.20. The second-order valence-corrected chi connectivity index (χ2v) is 7.75. The van der Waals surface area contributed by atoms with Gasteiger partial charge in [-0.1, -0.05) is 36.4 Å². The first-order valence-electron chi connectivity index (χ1n) is 11.0. The van der Waals surface area contributed by atoms with Gasteiger partial charge in [0, 0.05) is 31.5 Å². The summed E-state index contributed by atoms with van der Waals surface area (Å²) in [7, 11) is 1.63.